The van der Waals surface area contributed by atoms with Crippen molar-refractivity contribution in [2.75, 3.05) is 38.2 Å². The predicted molar refractivity (Wildman–Crippen MR) is 100 cm³/mol. The summed E-state index contributed by atoms with van der Waals surface area (Å²) in [5, 5.41) is 0. The van der Waals surface area contributed by atoms with Gasteiger partial charge in [-0.25, -0.2) is 4.98 Å². The summed E-state index contributed by atoms with van der Waals surface area (Å²) in [6.07, 6.45) is 1.62. The molecule has 9 heteroatoms. The smallest absolute Gasteiger partial charge is 0.295 e. The molecule has 0 radical (unpaired) electrons. The van der Waals surface area contributed by atoms with Gasteiger partial charge in [0.2, 0.25) is 5.91 Å². The molecule has 0 aromatic carbocycles. The second-order valence-electron chi connectivity index (χ2n) is 7.25. The van der Waals surface area contributed by atoms with Crippen molar-refractivity contribution in [1.82, 2.24) is 14.5 Å². The number of hydrogen-bond acceptors (Lipinski definition) is 5. The van der Waals surface area contributed by atoms with E-state index in [9.17, 15) is 9.59 Å². The average Bonchev–Trinajstić information content (AvgIpc) is 2.48. The maximum absolute atomic E-state index is 12.6. The zero-order valence-corrected chi connectivity index (χ0v) is 17.3. The van der Waals surface area contributed by atoms with Gasteiger partial charge in [-0.2, -0.15) is 0 Å². The summed E-state index contributed by atoms with van der Waals surface area (Å²) in [6.45, 7) is 9.04. The fourth-order valence-electron chi connectivity index (χ4n) is 2.28. The van der Waals surface area contributed by atoms with E-state index in [1.165, 1.54) is 4.57 Å². The average molecular weight is 417 g/mol. The minimum Gasteiger partial charge on any atom is -0.361 e. The van der Waals surface area contributed by atoms with Gasteiger partial charge in [-0.05, 0) is 22.0 Å². The summed E-state index contributed by atoms with van der Waals surface area (Å²) < 4.78 is 7.72. The number of ether oxygens (including phenoxy) is 1. The number of halogens is 1. The molecule has 7 nitrogen and oxygen atoms in total. The van der Waals surface area contributed by atoms with Crippen LogP contribution in [0.5, 0.6) is 0 Å². The highest BCUT2D eigenvalue weighted by Gasteiger charge is 2.25. The third-order valence-electron chi connectivity index (χ3n) is 3.91. The Hall–Kier alpha value is -1.19. The number of carbonyl (C=O) groups excluding carboxylic acids is 1. The molecule has 1 fully saturated rings. The van der Waals surface area contributed by atoms with Crippen molar-refractivity contribution in [3.05, 3.63) is 21.2 Å². The first-order valence-corrected chi connectivity index (χ1v) is 12.5. The van der Waals surface area contributed by atoms with Crippen LogP contribution in [-0.4, -0.2) is 61.7 Å². The zero-order valence-electron chi connectivity index (χ0n) is 14.7. The van der Waals surface area contributed by atoms with Crippen molar-refractivity contribution in [2.45, 2.75) is 32.4 Å². The minimum absolute atomic E-state index is 0.0136. The van der Waals surface area contributed by atoms with Crippen LogP contribution in [0.2, 0.25) is 25.7 Å². The summed E-state index contributed by atoms with van der Waals surface area (Å²) in [5.74, 6) is 0.278. The first kappa shape index (κ1) is 19.1. The van der Waals surface area contributed by atoms with Gasteiger partial charge in [0.15, 0.2) is 5.82 Å². The number of nitrogens with zero attached hydrogens (tertiary/aromatic N) is 4. The molecule has 1 aromatic rings. The third-order valence-corrected chi connectivity index (χ3v) is 6.00. The summed E-state index contributed by atoms with van der Waals surface area (Å²) in [5.41, 5.74) is -0.233. The van der Waals surface area contributed by atoms with Crippen molar-refractivity contribution in [3.8, 4) is 0 Å². The van der Waals surface area contributed by atoms with E-state index in [0.29, 0.717) is 30.1 Å². The fourth-order valence-corrected chi connectivity index (χ4v) is 3.45. The molecule has 2 heterocycles. The van der Waals surface area contributed by atoms with Crippen molar-refractivity contribution in [1.29, 1.82) is 0 Å². The Kier molecular flexibility index (Phi) is 6.21. The maximum atomic E-state index is 12.6. The van der Waals surface area contributed by atoms with Crippen LogP contribution in [0.4, 0.5) is 5.82 Å². The van der Waals surface area contributed by atoms with Crippen molar-refractivity contribution >= 4 is 35.7 Å². The van der Waals surface area contributed by atoms with Gasteiger partial charge in [-0.1, -0.05) is 19.6 Å². The summed E-state index contributed by atoms with van der Waals surface area (Å²) >= 11 is 3.34. The van der Waals surface area contributed by atoms with Crippen LogP contribution in [0.1, 0.15) is 0 Å². The molecule has 2 rings (SSSR count). The van der Waals surface area contributed by atoms with Crippen LogP contribution in [0, 0.1) is 0 Å². The Morgan fingerprint density at radius 2 is 2.00 bits per heavy atom. The molecular formula is C15H25BrN4O3Si. The molecule has 1 aliphatic heterocycles. The monoisotopic (exact) mass is 416 g/mol. The van der Waals surface area contributed by atoms with Crippen molar-refractivity contribution in [2.24, 2.45) is 0 Å². The van der Waals surface area contributed by atoms with E-state index < -0.39 is 8.07 Å². The van der Waals surface area contributed by atoms with Gasteiger partial charge >= 0.3 is 0 Å². The zero-order chi connectivity index (χ0) is 17.9. The third kappa shape index (κ3) is 5.15. The molecule has 0 atom stereocenters. The molecule has 0 N–H and O–H groups in total. The Morgan fingerprint density at radius 1 is 1.29 bits per heavy atom. The second kappa shape index (κ2) is 7.79. The molecule has 1 saturated heterocycles. The highest BCUT2D eigenvalue weighted by molar-refractivity contribution is 9.10. The molecule has 1 aliphatic rings. The number of piperazine rings is 1. The molecule has 1 aromatic heterocycles. The number of hydrogen-bond donors (Lipinski definition) is 0. The number of aromatic nitrogens is 2. The number of anilines is 1. The Labute approximate surface area is 151 Å². The van der Waals surface area contributed by atoms with Gasteiger partial charge in [-0.3, -0.25) is 14.2 Å². The number of carbonyl (C=O) groups is 1. The van der Waals surface area contributed by atoms with E-state index in [4.69, 9.17) is 4.74 Å². The van der Waals surface area contributed by atoms with E-state index in [-0.39, 0.29) is 24.7 Å². The van der Waals surface area contributed by atoms with Crippen LogP contribution >= 0.6 is 15.9 Å². The molecule has 0 saturated carbocycles. The van der Waals surface area contributed by atoms with Crippen LogP contribution in [0.3, 0.4) is 0 Å². The summed E-state index contributed by atoms with van der Waals surface area (Å²) in [6, 6.07) is 1.05. The van der Waals surface area contributed by atoms with Gasteiger partial charge in [-0.15, -0.1) is 0 Å². The number of amides is 1. The highest BCUT2D eigenvalue weighted by atomic mass is 79.9. The van der Waals surface area contributed by atoms with E-state index >= 15 is 0 Å². The molecule has 0 bridgehead atoms. The van der Waals surface area contributed by atoms with E-state index in [2.05, 4.69) is 40.6 Å². The van der Waals surface area contributed by atoms with E-state index in [1.807, 2.05) is 0 Å². The second-order valence-corrected chi connectivity index (χ2v) is 13.7. The predicted octanol–water partition coefficient (Wildman–Crippen LogP) is 1.60. The molecule has 1 amide bonds. The van der Waals surface area contributed by atoms with Gasteiger partial charge in [0.05, 0.1) is 6.54 Å². The van der Waals surface area contributed by atoms with Gasteiger partial charge in [0.25, 0.3) is 5.56 Å². The lowest BCUT2D eigenvalue weighted by Crippen LogP contribution is -2.50. The molecule has 0 aliphatic carbocycles. The first-order chi connectivity index (χ1) is 11.2. The van der Waals surface area contributed by atoms with Crippen LogP contribution < -0.4 is 10.5 Å². The van der Waals surface area contributed by atoms with Crippen molar-refractivity contribution in [3.63, 3.8) is 0 Å². The molecule has 134 valence electrons. The normalized spacial score (nSPS) is 16.0. The van der Waals surface area contributed by atoms with Crippen molar-refractivity contribution < 1.29 is 9.53 Å². The number of likely N-dealkylation sites (N-methyl/N-ethyl adjacent to an activating group) is 1. The highest BCUT2D eigenvalue weighted by Crippen LogP contribution is 2.14. The van der Waals surface area contributed by atoms with Gasteiger partial charge in [0.1, 0.15) is 11.3 Å². The Morgan fingerprint density at radius 3 is 2.62 bits per heavy atom. The van der Waals surface area contributed by atoms with Crippen LogP contribution in [0.15, 0.2) is 15.6 Å². The lowest BCUT2D eigenvalue weighted by atomic mass is 10.3. The fraction of sp³-hybridized carbons (Fsp3) is 0.667. The minimum atomic E-state index is -1.16. The Bertz CT molecular complexity index is 659. The molecule has 0 unspecified atom stereocenters. The lowest BCUT2D eigenvalue weighted by Gasteiger charge is -2.32. The molecular weight excluding hydrogens is 392 g/mol. The SMILES string of the molecule is CN1CCN(c2nc(Br)cn(COCC[Si](C)(C)C)c2=O)CC1=O. The standard InChI is InChI=1S/C15H25BrN4O3Si/c1-18-5-6-19(10-13(18)21)14-15(22)20(9-12(16)17-14)11-23-7-8-24(2,3)4/h9H,5-8,10-11H2,1-4H3. The van der Waals surface area contributed by atoms with Crippen LogP contribution in [0.25, 0.3) is 0 Å². The summed E-state index contributed by atoms with van der Waals surface area (Å²) in [4.78, 5) is 32.2. The molecule has 24 heavy (non-hydrogen) atoms. The number of rotatable bonds is 6. The topological polar surface area (TPSA) is 67.7 Å². The van der Waals surface area contributed by atoms with E-state index in [0.717, 1.165) is 6.04 Å². The van der Waals surface area contributed by atoms with E-state index in [1.54, 1.807) is 23.0 Å². The Balaban J connectivity index is 2.10. The van der Waals surface area contributed by atoms with Gasteiger partial charge in [0, 0.05) is 41.0 Å². The molecule has 0 spiro atoms. The lowest BCUT2D eigenvalue weighted by molar-refractivity contribution is -0.129. The first-order valence-electron chi connectivity index (χ1n) is 8.01. The summed E-state index contributed by atoms with van der Waals surface area (Å²) in [7, 11) is 0.606. The van der Waals surface area contributed by atoms with Gasteiger partial charge < -0.3 is 14.5 Å². The quantitative estimate of drug-likeness (QED) is 0.520. The largest absolute Gasteiger partial charge is 0.361 e. The maximum Gasteiger partial charge on any atom is 0.295 e. The van der Waals surface area contributed by atoms with Crippen LogP contribution in [-0.2, 0) is 16.3 Å².